The Kier molecular flexibility index (Phi) is 6.02. The molecule has 0 bridgehead atoms. The van der Waals surface area contributed by atoms with E-state index in [4.69, 9.17) is 35.4 Å². The largest absolute Gasteiger partial charge is 0.417 e. The van der Waals surface area contributed by atoms with Crippen LogP contribution in [0.3, 0.4) is 0 Å². The monoisotopic (exact) mass is 532 g/mol. The molecule has 3 aromatic heterocycles. The highest BCUT2D eigenvalue weighted by Gasteiger charge is 2.31. The first-order valence-electron chi connectivity index (χ1n) is 9.29. The van der Waals surface area contributed by atoms with Crippen molar-refractivity contribution in [2.75, 3.05) is 5.75 Å². The number of halogens is 5. The highest BCUT2D eigenvalue weighted by atomic mass is 35.5. The maximum atomic E-state index is 13.1. The van der Waals surface area contributed by atoms with E-state index in [9.17, 15) is 21.6 Å². The highest BCUT2D eigenvalue weighted by molar-refractivity contribution is 7.91. The first-order valence-corrected chi connectivity index (χ1v) is 12.1. The third-order valence-electron chi connectivity index (χ3n) is 4.79. The molecule has 0 aliphatic carbocycles. The lowest BCUT2D eigenvalue weighted by atomic mass is 10.1. The van der Waals surface area contributed by atoms with Crippen molar-refractivity contribution < 1.29 is 21.6 Å². The number of sulfone groups is 1. The number of pyridine rings is 2. The summed E-state index contributed by atoms with van der Waals surface area (Å²) in [5.74, 6) is -0.378. The Morgan fingerprint density at radius 3 is 2.33 bits per heavy atom. The second-order valence-corrected chi connectivity index (χ2v) is 10.4. The van der Waals surface area contributed by atoms with Gasteiger partial charge in [0.15, 0.2) is 21.3 Å². The van der Waals surface area contributed by atoms with Gasteiger partial charge < -0.3 is 0 Å². The number of rotatable bonds is 4. The molecule has 1 aromatic carbocycles. The SMILES string of the molecule is CCS(=O)(=O)c1cc(-c2cc(Cl)cc(Cl)c2)cnc1-n1nc2ccc(C(F)(F)F)cn2c1=S. The Balaban J connectivity index is 1.97. The quantitative estimate of drug-likeness (QED) is 0.300. The van der Waals surface area contributed by atoms with Crippen molar-refractivity contribution in [2.24, 2.45) is 0 Å². The van der Waals surface area contributed by atoms with Crippen LogP contribution >= 0.6 is 35.4 Å². The molecular weight excluding hydrogens is 520 g/mol. The molecule has 4 aromatic rings. The number of benzene rings is 1. The Morgan fingerprint density at radius 2 is 1.73 bits per heavy atom. The van der Waals surface area contributed by atoms with E-state index in [1.807, 2.05) is 0 Å². The summed E-state index contributed by atoms with van der Waals surface area (Å²) in [5.41, 5.74) is 0.130. The van der Waals surface area contributed by atoms with E-state index >= 15 is 0 Å². The molecule has 0 aliphatic heterocycles. The zero-order valence-electron chi connectivity index (χ0n) is 16.6. The van der Waals surface area contributed by atoms with Crippen LogP contribution < -0.4 is 0 Å². The van der Waals surface area contributed by atoms with E-state index in [0.29, 0.717) is 21.2 Å². The second kappa shape index (κ2) is 8.39. The average Bonchev–Trinajstić information content (AvgIpc) is 3.08. The molecule has 0 N–H and O–H groups in total. The van der Waals surface area contributed by atoms with Crippen molar-refractivity contribution in [3.05, 3.63) is 69.2 Å². The van der Waals surface area contributed by atoms with Gasteiger partial charge in [0.1, 0.15) is 4.90 Å². The molecule has 0 atom stereocenters. The van der Waals surface area contributed by atoms with Gasteiger partial charge in [0.05, 0.1) is 11.3 Å². The van der Waals surface area contributed by atoms with Gasteiger partial charge in [-0.25, -0.2) is 13.4 Å². The number of hydrogen-bond acceptors (Lipinski definition) is 5. The maximum absolute atomic E-state index is 13.1. The summed E-state index contributed by atoms with van der Waals surface area (Å²) < 4.78 is 67.1. The molecule has 0 spiro atoms. The minimum atomic E-state index is -4.58. The number of aromatic nitrogens is 4. The van der Waals surface area contributed by atoms with Crippen LogP contribution in [0.25, 0.3) is 22.6 Å². The number of fused-ring (bicyclic) bond motifs is 1. The highest BCUT2D eigenvalue weighted by Crippen LogP contribution is 2.32. The lowest BCUT2D eigenvalue weighted by Crippen LogP contribution is -2.12. The van der Waals surface area contributed by atoms with Crippen molar-refractivity contribution in [3.8, 4) is 16.9 Å². The summed E-state index contributed by atoms with van der Waals surface area (Å²) in [6.07, 6.45) is -2.39. The van der Waals surface area contributed by atoms with Crippen molar-refractivity contribution in [1.29, 1.82) is 0 Å². The maximum Gasteiger partial charge on any atom is 0.417 e. The van der Waals surface area contributed by atoms with E-state index in [0.717, 1.165) is 27.4 Å². The fourth-order valence-electron chi connectivity index (χ4n) is 3.14. The van der Waals surface area contributed by atoms with Crippen molar-refractivity contribution in [3.63, 3.8) is 0 Å². The van der Waals surface area contributed by atoms with Gasteiger partial charge in [-0.05, 0) is 54.2 Å². The molecule has 0 unspecified atom stereocenters. The zero-order chi connectivity index (χ0) is 24.1. The smallest absolute Gasteiger partial charge is 0.274 e. The topological polar surface area (TPSA) is 69.3 Å². The molecule has 6 nitrogen and oxygen atoms in total. The van der Waals surface area contributed by atoms with E-state index in [1.165, 1.54) is 25.3 Å². The van der Waals surface area contributed by atoms with Gasteiger partial charge in [-0.1, -0.05) is 30.1 Å². The van der Waals surface area contributed by atoms with E-state index in [1.54, 1.807) is 12.1 Å². The van der Waals surface area contributed by atoms with Crippen molar-refractivity contribution >= 4 is 50.9 Å². The van der Waals surface area contributed by atoms with Crippen LogP contribution in [0.2, 0.25) is 10.0 Å². The number of nitrogens with zero attached hydrogens (tertiary/aromatic N) is 4. The lowest BCUT2D eigenvalue weighted by Gasteiger charge is -2.11. The van der Waals surface area contributed by atoms with Crippen LogP contribution in [-0.2, 0) is 16.0 Å². The summed E-state index contributed by atoms with van der Waals surface area (Å²) in [4.78, 5) is 4.07. The van der Waals surface area contributed by atoms with Crippen molar-refractivity contribution in [2.45, 2.75) is 18.0 Å². The molecule has 0 radical (unpaired) electrons. The molecule has 172 valence electrons. The lowest BCUT2D eigenvalue weighted by molar-refractivity contribution is -0.137. The molecule has 3 heterocycles. The molecule has 33 heavy (non-hydrogen) atoms. The van der Waals surface area contributed by atoms with Gasteiger partial charge >= 0.3 is 6.18 Å². The van der Waals surface area contributed by atoms with Crippen LogP contribution in [0, 0.1) is 4.77 Å². The second-order valence-electron chi connectivity index (χ2n) is 6.95. The molecule has 0 amide bonds. The van der Waals surface area contributed by atoms with Gasteiger partial charge in [0.25, 0.3) is 0 Å². The van der Waals surface area contributed by atoms with Crippen LogP contribution in [0.4, 0.5) is 13.2 Å². The summed E-state index contributed by atoms with van der Waals surface area (Å²) in [6, 6.07) is 8.12. The Bertz CT molecular complexity index is 1540. The molecule has 0 fully saturated rings. The Morgan fingerprint density at radius 1 is 1.06 bits per heavy atom. The molecule has 0 saturated carbocycles. The van der Waals surface area contributed by atoms with Gasteiger partial charge in [-0.3, -0.25) is 4.40 Å². The van der Waals surface area contributed by atoms with E-state index in [-0.39, 0.29) is 26.9 Å². The normalized spacial score (nSPS) is 12.4. The fourth-order valence-corrected chi connectivity index (χ4v) is 4.97. The molecule has 13 heteroatoms. The molecule has 0 aliphatic rings. The molecular formula is C20H13Cl2F3N4O2S2. The van der Waals surface area contributed by atoms with Crippen LogP contribution in [0.15, 0.2) is 53.7 Å². The van der Waals surface area contributed by atoms with Crippen LogP contribution in [0.5, 0.6) is 0 Å². The number of hydrogen-bond donors (Lipinski definition) is 0. The minimum absolute atomic E-state index is 0.0975. The summed E-state index contributed by atoms with van der Waals surface area (Å²) in [5, 5.41) is 4.89. The van der Waals surface area contributed by atoms with Gasteiger partial charge in [-0.2, -0.15) is 17.9 Å². The minimum Gasteiger partial charge on any atom is -0.274 e. The third kappa shape index (κ3) is 4.50. The number of alkyl halides is 3. The first kappa shape index (κ1) is 23.7. The first-order chi connectivity index (χ1) is 15.4. The Labute approximate surface area is 201 Å². The summed E-state index contributed by atoms with van der Waals surface area (Å²) in [6.45, 7) is 1.46. The standard InChI is InChI=1S/C20H13Cl2F3N4O2S2/c1-2-33(30,31)16-7-12(11-5-14(21)8-15(22)6-11)9-26-18(16)29-19(32)28-10-13(20(23,24)25)3-4-17(28)27-29/h3-10H,2H2,1H3. The van der Waals surface area contributed by atoms with Gasteiger partial charge in [0, 0.05) is 28.0 Å². The molecule has 4 rings (SSSR count). The predicted octanol–water partition coefficient (Wildman–Crippen LogP) is 6.04. The van der Waals surface area contributed by atoms with E-state index < -0.39 is 21.6 Å². The third-order valence-corrected chi connectivity index (χ3v) is 7.33. The molecule has 0 saturated heterocycles. The summed E-state index contributed by atoms with van der Waals surface area (Å²) >= 11 is 17.4. The van der Waals surface area contributed by atoms with Crippen molar-refractivity contribution in [1.82, 2.24) is 19.2 Å². The zero-order valence-corrected chi connectivity index (χ0v) is 19.8. The van der Waals surface area contributed by atoms with E-state index in [2.05, 4.69) is 10.1 Å². The van der Waals surface area contributed by atoms with Gasteiger partial charge in [0.2, 0.25) is 4.77 Å². The van der Waals surface area contributed by atoms with Gasteiger partial charge in [-0.15, -0.1) is 5.10 Å². The predicted molar refractivity (Wildman–Crippen MR) is 121 cm³/mol. The fraction of sp³-hybridized carbons (Fsp3) is 0.150. The van der Waals surface area contributed by atoms with Crippen LogP contribution in [0.1, 0.15) is 12.5 Å². The summed E-state index contributed by atoms with van der Waals surface area (Å²) in [7, 11) is -3.84. The van der Waals surface area contributed by atoms with Crippen LogP contribution in [-0.4, -0.2) is 33.3 Å². The Hall–Kier alpha value is -2.47. The average molecular weight is 533 g/mol.